The summed E-state index contributed by atoms with van der Waals surface area (Å²) < 4.78 is 113. The van der Waals surface area contributed by atoms with E-state index < -0.39 is 57.5 Å². The Morgan fingerprint density at radius 1 is 1.15 bits per heavy atom. The number of alkyl halides is 3. The second-order valence-corrected chi connectivity index (χ2v) is 9.31. The summed E-state index contributed by atoms with van der Waals surface area (Å²) in [6.07, 6.45) is -3.60. The molecule has 2 aromatic carbocycles. The normalized spacial score (nSPS) is 12.2. The molecule has 0 unspecified atom stereocenters. The van der Waals surface area contributed by atoms with Gasteiger partial charge in [-0.2, -0.15) is 18.3 Å². The molecular weight excluding hydrogens is 544 g/mol. The molecule has 14 heteroatoms. The smallest absolute Gasteiger partial charge is 0.363 e. The van der Waals surface area contributed by atoms with Gasteiger partial charge in [0, 0.05) is 18.9 Å². The second-order valence-electron chi connectivity index (χ2n) is 6.62. The average Bonchev–Trinajstić information content (AvgIpc) is 3.06. The summed E-state index contributed by atoms with van der Waals surface area (Å²) in [6, 6.07) is 5.18. The molecule has 0 fully saturated rings. The van der Waals surface area contributed by atoms with Crippen molar-refractivity contribution >= 4 is 31.6 Å². The Morgan fingerprint density at radius 3 is 2.48 bits per heavy atom. The number of aromatic nitrogens is 2. The zero-order chi connectivity index (χ0) is 24.6. The maximum atomic E-state index is 15.5. The molecule has 0 spiro atoms. The van der Waals surface area contributed by atoms with Crippen molar-refractivity contribution in [1.82, 2.24) is 9.78 Å². The van der Waals surface area contributed by atoms with Crippen LogP contribution >= 0.6 is 15.9 Å². The van der Waals surface area contributed by atoms with Crippen LogP contribution in [0.25, 0.3) is 11.3 Å². The molecule has 3 aromatic rings. The second kappa shape index (κ2) is 9.35. The van der Waals surface area contributed by atoms with Gasteiger partial charge in [-0.15, -0.1) is 0 Å². The number of halogens is 7. The van der Waals surface area contributed by atoms with Gasteiger partial charge in [0.2, 0.25) is 0 Å². The van der Waals surface area contributed by atoms with Crippen molar-refractivity contribution in [1.29, 1.82) is 0 Å². The molecule has 1 heterocycles. The molecule has 0 amide bonds. The number of rotatable bonds is 7. The Labute approximate surface area is 192 Å². The minimum absolute atomic E-state index is 0.0140. The van der Waals surface area contributed by atoms with Crippen molar-refractivity contribution in [2.45, 2.75) is 17.6 Å². The molecule has 0 saturated heterocycles. The Bertz CT molecular complexity index is 1280. The number of hydrogen-bond acceptors (Lipinski definition) is 4. The van der Waals surface area contributed by atoms with Crippen molar-refractivity contribution in [3.63, 3.8) is 0 Å². The summed E-state index contributed by atoms with van der Waals surface area (Å²) in [5, 5.41) is 3.72. The van der Waals surface area contributed by atoms with E-state index in [2.05, 4.69) is 21.0 Å². The van der Waals surface area contributed by atoms with Gasteiger partial charge in [0.15, 0.2) is 5.82 Å². The Balaban J connectivity index is 2.13. The average molecular weight is 558 g/mol. The number of benzene rings is 2. The quantitative estimate of drug-likeness (QED) is 0.300. The minimum atomic E-state index is -4.85. The lowest BCUT2D eigenvalue weighted by atomic mass is 10.1. The molecule has 0 N–H and O–H groups in total. The zero-order valence-corrected chi connectivity index (χ0v) is 19.0. The lowest BCUT2D eigenvalue weighted by Gasteiger charge is -2.24. The number of anilines is 1. The first-order valence-electron chi connectivity index (χ1n) is 8.90. The van der Waals surface area contributed by atoms with Gasteiger partial charge in [-0.25, -0.2) is 25.9 Å². The Kier molecular flexibility index (Phi) is 7.10. The van der Waals surface area contributed by atoms with Crippen molar-refractivity contribution in [2.75, 3.05) is 18.1 Å². The lowest BCUT2D eigenvalue weighted by Crippen LogP contribution is -2.34. The first-order chi connectivity index (χ1) is 15.3. The van der Waals surface area contributed by atoms with Crippen LogP contribution in [0.3, 0.4) is 0 Å². The third-order valence-corrected chi connectivity index (χ3v) is 6.60. The van der Waals surface area contributed by atoms with Gasteiger partial charge in [-0.1, -0.05) is 6.07 Å². The third-order valence-electron chi connectivity index (χ3n) is 4.27. The van der Waals surface area contributed by atoms with Crippen LogP contribution in [-0.4, -0.2) is 38.2 Å². The summed E-state index contributed by atoms with van der Waals surface area (Å²) >= 11 is 3.02. The van der Waals surface area contributed by atoms with E-state index in [-0.39, 0.29) is 15.7 Å². The number of nitrogens with zero attached hydrogens (tertiary/aromatic N) is 3. The van der Waals surface area contributed by atoms with Gasteiger partial charge in [0.25, 0.3) is 10.0 Å². The molecular formula is C19H14BrF6N3O3S. The highest BCUT2D eigenvalue weighted by atomic mass is 79.9. The maximum Gasteiger partial charge on any atom is 0.408 e. The predicted octanol–water partition coefficient (Wildman–Crippen LogP) is 5.09. The van der Waals surface area contributed by atoms with E-state index in [1.54, 1.807) is 0 Å². The SMILES string of the molecule is COCN(c1cccc(-c2nn(CC(F)(F)F)cc2Br)c1F)S(=O)(=O)c1cc(F)ccc1F. The fourth-order valence-electron chi connectivity index (χ4n) is 2.92. The van der Waals surface area contributed by atoms with E-state index in [0.29, 0.717) is 27.2 Å². The first kappa shape index (κ1) is 25.1. The lowest BCUT2D eigenvalue weighted by molar-refractivity contribution is -0.142. The molecule has 6 nitrogen and oxygen atoms in total. The number of hydrogen-bond donors (Lipinski definition) is 0. The highest BCUT2D eigenvalue weighted by molar-refractivity contribution is 9.10. The highest BCUT2D eigenvalue weighted by Crippen LogP contribution is 2.36. The summed E-state index contributed by atoms with van der Waals surface area (Å²) in [5.74, 6) is -3.50. The Morgan fingerprint density at radius 2 is 1.85 bits per heavy atom. The van der Waals surface area contributed by atoms with Gasteiger partial charge in [0.05, 0.1) is 10.2 Å². The molecule has 33 heavy (non-hydrogen) atoms. The van der Waals surface area contributed by atoms with Gasteiger partial charge in [-0.05, 0) is 46.3 Å². The number of methoxy groups -OCH3 is 1. The van der Waals surface area contributed by atoms with Crippen molar-refractivity contribution in [3.05, 3.63) is 64.5 Å². The van der Waals surface area contributed by atoms with Crippen LogP contribution in [0.4, 0.5) is 32.0 Å². The molecule has 1 aromatic heterocycles. The topological polar surface area (TPSA) is 64.4 Å². The number of ether oxygens (including phenoxy) is 1. The first-order valence-corrected chi connectivity index (χ1v) is 11.1. The molecule has 3 rings (SSSR count). The van der Waals surface area contributed by atoms with Gasteiger partial charge in [-0.3, -0.25) is 4.68 Å². The molecule has 0 saturated carbocycles. The van der Waals surface area contributed by atoms with Crippen LogP contribution in [0.5, 0.6) is 0 Å². The molecule has 0 aliphatic carbocycles. The standard InChI is InChI=1S/C19H14BrF6N3O3S/c1-32-10-29(33(30,31)16-7-11(21)5-6-14(16)22)15-4-2-3-12(17(15)23)18-13(20)8-28(27-18)9-19(24,25)26/h2-8H,9-10H2,1H3. The van der Waals surface area contributed by atoms with Gasteiger partial charge < -0.3 is 4.74 Å². The van der Waals surface area contributed by atoms with Crippen LogP contribution in [0.2, 0.25) is 0 Å². The summed E-state index contributed by atoms with van der Waals surface area (Å²) in [6.45, 7) is -2.21. The molecule has 0 aliphatic rings. The van der Waals surface area contributed by atoms with Gasteiger partial charge in [0.1, 0.15) is 35.5 Å². The fourth-order valence-corrected chi connectivity index (χ4v) is 4.91. The van der Waals surface area contributed by atoms with Crippen molar-refractivity contribution < 1.29 is 39.5 Å². The van der Waals surface area contributed by atoms with E-state index >= 15 is 4.39 Å². The predicted molar refractivity (Wildman–Crippen MR) is 109 cm³/mol. The van der Waals surface area contributed by atoms with E-state index in [1.807, 2.05) is 0 Å². The zero-order valence-electron chi connectivity index (χ0n) is 16.6. The van der Waals surface area contributed by atoms with Crippen LogP contribution in [0, 0.1) is 17.5 Å². The molecule has 0 bridgehead atoms. The summed E-state index contributed by atoms with van der Waals surface area (Å²) in [4.78, 5) is -1.06. The largest absolute Gasteiger partial charge is 0.408 e. The van der Waals surface area contributed by atoms with Crippen LogP contribution in [0.1, 0.15) is 0 Å². The van der Waals surface area contributed by atoms with E-state index in [9.17, 15) is 30.4 Å². The minimum Gasteiger partial charge on any atom is -0.363 e. The van der Waals surface area contributed by atoms with Gasteiger partial charge >= 0.3 is 6.18 Å². The summed E-state index contributed by atoms with van der Waals surface area (Å²) in [7, 11) is -3.75. The van der Waals surface area contributed by atoms with Crippen LogP contribution in [0.15, 0.2) is 52.0 Å². The van der Waals surface area contributed by atoms with E-state index in [4.69, 9.17) is 4.74 Å². The maximum absolute atomic E-state index is 15.5. The highest BCUT2D eigenvalue weighted by Gasteiger charge is 2.32. The van der Waals surface area contributed by atoms with Crippen molar-refractivity contribution in [2.24, 2.45) is 0 Å². The summed E-state index contributed by atoms with van der Waals surface area (Å²) in [5.41, 5.74) is -1.18. The van der Waals surface area contributed by atoms with Crippen molar-refractivity contribution in [3.8, 4) is 11.3 Å². The fraction of sp³-hybridized carbons (Fsp3) is 0.211. The Hall–Kier alpha value is -2.58. The molecule has 0 atom stereocenters. The molecule has 178 valence electrons. The number of sulfonamides is 1. The molecule has 0 aliphatic heterocycles. The van der Waals surface area contributed by atoms with Crippen LogP contribution < -0.4 is 4.31 Å². The van der Waals surface area contributed by atoms with E-state index in [1.165, 1.54) is 12.1 Å². The molecule has 0 radical (unpaired) electrons. The third kappa shape index (κ3) is 5.33. The van der Waals surface area contributed by atoms with Crippen LogP contribution in [-0.2, 0) is 21.3 Å². The monoisotopic (exact) mass is 557 g/mol. The van der Waals surface area contributed by atoms with E-state index in [0.717, 1.165) is 19.4 Å².